The molecule has 33 heavy (non-hydrogen) atoms. The molecule has 1 N–H and O–H groups in total. The lowest BCUT2D eigenvalue weighted by atomic mass is 10.2. The maximum atomic E-state index is 12.5. The molecule has 168 valence electrons. The molecule has 4 aromatic rings. The van der Waals surface area contributed by atoms with Crippen molar-refractivity contribution >= 4 is 23.2 Å². The van der Waals surface area contributed by atoms with Crippen LogP contribution in [0.3, 0.4) is 0 Å². The molecule has 0 aliphatic heterocycles. The van der Waals surface area contributed by atoms with Crippen molar-refractivity contribution in [2.45, 2.75) is 19.4 Å². The second kappa shape index (κ2) is 10.7. The van der Waals surface area contributed by atoms with Gasteiger partial charge in [0.15, 0.2) is 23.1 Å². The van der Waals surface area contributed by atoms with Crippen LogP contribution >= 0.6 is 11.6 Å². The zero-order valence-corrected chi connectivity index (χ0v) is 18.7. The summed E-state index contributed by atoms with van der Waals surface area (Å²) in [7, 11) is 1.57. The Morgan fingerprint density at radius 1 is 1.06 bits per heavy atom. The third-order valence-corrected chi connectivity index (χ3v) is 5.09. The average molecular weight is 464 g/mol. The van der Waals surface area contributed by atoms with Crippen molar-refractivity contribution in [2.24, 2.45) is 0 Å². The number of nitrogens with one attached hydrogen (secondary N) is 1. The fourth-order valence-corrected chi connectivity index (χ4v) is 3.25. The molecular formula is C25H22ClN3O4. The highest BCUT2D eigenvalue weighted by Crippen LogP contribution is 2.31. The molecule has 8 heteroatoms. The van der Waals surface area contributed by atoms with Crippen molar-refractivity contribution in [1.82, 2.24) is 9.97 Å². The minimum absolute atomic E-state index is 0.161. The van der Waals surface area contributed by atoms with Gasteiger partial charge in [0.05, 0.1) is 13.3 Å². The Morgan fingerprint density at radius 3 is 2.61 bits per heavy atom. The lowest BCUT2D eigenvalue weighted by Gasteiger charge is -2.13. The zero-order valence-electron chi connectivity index (χ0n) is 18.0. The van der Waals surface area contributed by atoms with Gasteiger partial charge in [-0.25, -0.2) is 4.98 Å². The van der Waals surface area contributed by atoms with Gasteiger partial charge >= 0.3 is 0 Å². The average Bonchev–Trinajstić information content (AvgIpc) is 3.32. The first kappa shape index (κ1) is 22.4. The minimum Gasteiger partial charge on any atom is -0.493 e. The van der Waals surface area contributed by atoms with Crippen LogP contribution in [0.15, 0.2) is 77.6 Å². The molecule has 7 nitrogen and oxygen atoms in total. The van der Waals surface area contributed by atoms with E-state index in [1.54, 1.807) is 56.0 Å². The smallest absolute Gasteiger partial charge is 0.224 e. The Morgan fingerprint density at radius 2 is 1.85 bits per heavy atom. The molecule has 0 aliphatic carbocycles. The lowest BCUT2D eigenvalue weighted by Crippen LogP contribution is -2.12. The first-order chi connectivity index (χ1) is 16.1. The second-order valence-corrected chi connectivity index (χ2v) is 7.62. The fourth-order valence-electron chi connectivity index (χ4n) is 3.12. The topological polar surface area (TPSA) is 86.5 Å². The highest BCUT2D eigenvalue weighted by molar-refractivity contribution is 6.30. The van der Waals surface area contributed by atoms with Gasteiger partial charge in [-0.3, -0.25) is 9.78 Å². The number of pyridine rings is 1. The van der Waals surface area contributed by atoms with Crippen molar-refractivity contribution in [3.05, 3.63) is 89.7 Å². The Hall–Kier alpha value is -3.84. The first-order valence-corrected chi connectivity index (χ1v) is 10.7. The Labute approximate surface area is 196 Å². The van der Waals surface area contributed by atoms with Gasteiger partial charge in [0.25, 0.3) is 0 Å². The molecule has 0 fully saturated rings. The van der Waals surface area contributed by atoms with Crippen LogP contribution in [0.2, 0.25) is 5.02 Å². The summed E-state index contributed by atoms with van der Waals surface area (Å²) in [4.78, 5) is 20.7. The van der Waals surface area contributed by atoms with Crippen molar-refractivity contribution < 1.29 is 18.7 Å². The number of halogens is 1. The molecule has 0 aliphatic rings. The molecule has 1 amide bonds. The van der Waals surface area contributed by atoms with Crippen LogP contribution in [0.5, 0.6) is 11.5 Å². The van der Waals surface area contributed by atoms with E-state index in [4.69, 9.17) is 25.5 Å². The monoisotopic (exact) mass is 463 g/mol. The van der Waals surface area contributed by atoms with Gasteiger partial charge in [-0.1, -0.05) is 11.6 Å². The number of hydrogen-bond donors (Lipinski definition) is 1. The predicted octanol–water partition coefficient (Wildman–Crippen LogP) is 5.55. The van der Waals surface area contributed by atoms with Gasteiger partial charge in [-0.2, -0.15) is 0 Å². The van der Waals surface area contributed by atoms with Gasteiger partial charge in [0, 0.05) is 47.6 Å². The number of aromatic nitrogens is 2. The molecule has 2 heterocycles. The van der Waals surface area contributed by atoms with Crippen LogP contribution in [0.25, 0.3) is 11.3 Å². The van der Waals surface area contributed by atoms with Gasteiger partial charge in [0.2, 0.25) is 5.91 Å². The molecule has 0 saturated heterocycles. The van der Waals surface area contributed by atoms with E-state index in [2.05, 4.69) is 15.3 Å². The number of hydrogen-bond acceptors (Lipinski definition) is 6. The number of amides is 1. The van der Waals surface area contributed by atoms with E-state index in [0.29, 0.717) is 46.9 Å². The normalized spacial score (nSPS) is 10.6. The number of methoxy groups -OCH3 is 1. The summed E-state index contributed by atoms with van der Waals surface area (Å²) < 4.78 is 17.0. The number of oxazole rings is 1. The summed E-state index contributed by atoms with van der Waals surface area (Å²) in [5.74, 6) is 2.08. The largest absolute Gasteiger partial charge is 0.493 e. The SMILES string of the molecule is COc1ccc(NC(=O)CCc2ncc(-c3ccc(Cl)cc3)o2)cc1OCc1ccncc1. The summed E-state index contributed by atoms with van der Waals surface area (Å²) in [5.41, 5.74) is 2.46. The number of benzene rings is 2. The van der Waals surface area contributed by atoms with E-state index < -0.39 is 0 Å². The van der Waals surface area contributed by atoms with Crippen molar-refractivity contribution in [1.29, 1.82) is 0 Å². The maximum Gasteiger partial charge on any atom is 0.224 e. The van der Waals surface area contributed by atoms with Crippen LogP contribution in [-0.4, -0.2) is 23.0 Å². The predicted molar refractivity (Wildman–Crippen MR) is 125 cm³/mol. The van der Waals surface area contributed by atoms with Gasteiger partial charge < -0.3 is 19.2 Å². The summed E-state index contributed by atoms with van der Waals surface area (Å²) in [6.45, 7) is 0.358. The van der Waals surface area contributed by atoms with E-state index in [9.17, 15) is 4.79 Å². The number of aryl methyl sites for hydroxylation is 1. The van der Waals surface area contributed by atoms with Crippen molar-refractivity contribution in [3.8, 4) is 22.8 Å². The third kappa shape index (κ3) is 6.11. The number of carbonyl (C=O) groups excluding carboxylic acids is 1. The highest BCUT2D eigenvalue weighted by atomic mass is 35.5. The third-order valence-electron chi connectivity index (χ3n) is 4.84. The Kier molecular flexibility index (Phi) is 7.22. The molecule has 0 radical (unpaired) electrons. The maximum absolute atomic E-state index is 12.5. The molecule has 0 atom stereocenters. The number of nitrogens with zero attached hydrogens (tertiary/aromatic N) is 2. The van der Waals surface area contributed by atoms with Crippen LogP contribution in [0.1, 0.15) is 17.9 Å². The van der Waals surface area contributed by atoms with E-state index in [1.165, 1.54) is 0 Å². The fraction of sp³-hybridized carbons (Fsp3) is 0.160. The summed E-state index contributed by atoms with van der Waals surface area (Å²) in [6, 6.07) is 16.3. The Balaban J connectivity index is 1.34. The molecule has 2 aromatic carbocycles. The lowest BCUT2D eigenvalue weighted by molar-refractivity contribution is -0.116. The minimum atomic E-state index is -0.161. The number of ether oxygens (including phenoxy) is 2. The molecule has 0 saturated carbocycles. The number of rotatable bonds is 9. The summed E-state index contributed by atoms with van der Waals surface area (Å²) in [5, 5.41) is 3.53. The van der Waals surface area contributed by atoms with Crippen molar-refractivity contribution in [2.75, 3.05) is 12.4 Å². The van der Waals surface area contributed by atoms with Crippen LogP contribution in [0, 0.1) is 0 Å². The van der Waals surface area contributed by atoms with Gasteiger partial charge in [0.1, 0.15) is 6.61 Å². The van der Waals surface area contributed by atoms with Crippen LogP contribution < -0.4 is 14.8 Å². The van der Waals surface area contributed by atoms with E-state index in [1.807, 2.05) is 24.3 Å². The van der Waals surface area contributed by atoms with E-state index in [0.717, 1.165) is 11.1 Å². The highest BCUT2D eigenvalue weighted by Gasteiger charge is 2.12. The van der Waals surface area contributed by atoms with Gasteiger partial charge in [-0.15, -0.1) is 0 Å². The number of anilines is 1. The quantitative estimate of drug-likeness (QED) is 0.350. The van der Waals surface area contributed by atoms with E-state index >= 15 is 0 Å². The van der Waals surface area contributed by atoms with Gasteiger partial charge in [-0.05, 0) is 54.1 Å². The zero-order chi connectivity index (χ0) is 23.0. The van der Waals surface area contributed by atoms with Crippen molar-refractivity contribution in [3.63, 3.8) is 0 Å². The molecule has 4 rings (SSSR count). The first-order valence-electron chi connectivity index (χ1n) is 10.3. The van der Waals surface area contributed by atoms with E-state index in [-0.39, 0.29) is 12.3 Å². The van der Waals surface area contributed by atoms with Crippen LogP contribution in [-0.2, 0) is 17.8 Å². The molecule has 0 unspecified atom stereocenters. The molecule has 2 aromatic heterocycles. The summed E-state index contributed by atoms with van der Waals surface area (Å²) in [6.07, 6.45) is 5.66. The Bertz CT molecular complexity index is 1210. The standard InChI is InChI=1S/C25H22ClN3O4/c1-31-21-7-6-20(14-22(21)32-16-17-10-12-27-13-11-17)29-24(30)8-9-25-28-15-23(33-25)18-2-4-19(26)5-3-18/h2-7,10-15H,8-9,16H2,1H3,(H,29,30). The second-order valence-electron chi connectivity index (χ2n) is 7.18. The molecule has 0 bridgehead atoms. The van der Waals surface area contributed by atoms with Crippen LogP contribution in [0.4, 0.5) is 5.69 Å². The molecule has 0 spiro atoms. The molecular weight excluding hydrogens is 442 g/mol. The summed E-state index contributed by atoms with van der Waals surface area (Å²) >= 11 is 5.92. The number of carbonyl (C=O) groups is 1.